The smallest absolute Gasteiger partial charge is 0.255 e. The molecule has 1 atom stereocenters. The van der Waals surface area contributed by atoms with Crippen molar-refractivity contribution in [1.82, 2.24) is 14.8 Å². The third kappa shape index (κ3) is 3.73. The second-order valence-corrected chi connectivity index (χ2v) is 7.46. The molecule has 1 unspecified atom stereocenters. The number of benzene rings is 1. The van der Waals surface area contributed by atoms with Gasteiger partial charge < -0.3 is 14.8 Å². The van der Waals surface area contributed by atoms with E-state index in [0.717, 1.165) is 34.0 Å². The van der Waals surface area contributed by atoms with Crippen LogP contribution in [0.2, 0.25) is 0 Å². The van der Waals surface area contributed by atoms with Crippen molar-refractivity contribution < 1.29 is 4.79 Å². The number of amides is 1. The number of halogens is 1. The van der Waals surface area contributed by atoms with Gasteiger partial charge in [-0.1, -0.05) is 34.5 Å². The molecule has 5 heteroatoms. The highest BCUT2D eigenvalue weighted by Gasteiger charge is 2.16. The Bertz CT molecular complexity index is 757. The molecule has 1 aromatic carbocycles. The lowest BCUT2D eigenvalue weighted by Gasteiger charge is -2.20. The minimum absolute atomic E-state index is 0.0368. The lowest BCUT2D eigenvalue weighted by atomic mass is 10.0. The summed E-state index contributed by atoms with van der Waals surface area (Å²) in [6, 6.07) is 6.60. The third-order valence-electron chi connectivity index (χ3n) is 4.50. The molecule has 1 aliphatic heterocycles. The van der Waals surface area contributed by atoms with E-state index < -0.39 is 0 Å². The molecule has 0 bridgehead atoms. The predicted octanol–water partition coefficient (Wildman–Crippen LogP) is 3.80. The van der Waals surface area contributed by atoms with Crippen LogP contribution < -0.4 is 5.32 Å². The zero-order chi connectivity index (χ0) is 17.1. The van der Waals surface area contributed by atoms with E-state index in [0.29, 0.717) is 6.04 Å². The molecule has 0 aliphatic carbocycles. The van der Waals surface area contributed by atoms with E-state index >= 15 is 0 Å². The van der Waals surface area contributed by atoms with Crippen LogP contribution in [-0.2, 0) is 6.54 Å². The van der Waals surface area contributed by atoms with Crippen molar-refractivity contribution >= 4 is 32.7 Å². The number of allylic oxidation sites excluding steroid dienone is 1. The van der Waals surface area contributed by atoms with Crippen molar-refractivity contribution in [2.45, 2.75) is 31.8 Å². The summed E-state index contributed by atoms with van der Waals surface area (Å²) in [5, 5.41) is 4.52. The number of nitrogens with zero attached hydrogens (tertiary/aromatic N) is 2. The predicted molar refractivity (Wildman–Crippen MR) is 102 cm³/mol. The molecule has 1 aliphatic rings. The summed E-state index contributed by atoms with van der Waals surface area (Å²) >= 11 is 3.51. The summed E-state index contributed by atoms with van der Waals surface area (Å²) in [4.78, 5) is 14.1. The maximum absolute atomic E-state index is 12.5. The van der Waals surface area contributed by atoms with E-state index in [2.05, 4.69) is 44.0 Å². The number of carbonyl (C=O) groups excluding carboxylic acids is 1. The Morgan fingerprint density at radius 1 is 1.42 bits per heavy atom. The first-order valence-electron chi connectivity index (χ1n) is 8.46. The third-order valence-corrected chi connectivity index (χ3v) is 4.99. The van der Waals surface area contributed by atoms with Crippen LogP contribution in [0, 0.1) is 0 Å². The number of carbonyl (C=O) groups is 1. The molecule has 2 heterocycles. The molecule has 4 nitrogen and oxygen atoms in total. The van der Waals surface area contributed by atoms with Crippen LogP contribution in [0.25, 0.3) is 10.9 Å². The quantitative estimate of drug-likeness (QED) is 0.807. The van der Waals surface area contributed by atoms with Crippen molar-refractivity contribution in [3.8, 4) is 0 Å². The summed E-state index contributed by atoms with van der Waals surface area (Å²) in [6.45, 7) is 1.88. The molecular formula is C19H24BrN3O. The standard InChI is InChI=1S/C19H24BrN3O/c1-22(2)19(24)17-13-23(18-9-8-14(20)12-16(17)18)11-5-7-15-6-3-4-10-21-15/h5,7-9,12-13,15,21H,3-4,6,10-11H2,1-2H3/b7-5+. The molecule has 0 spiro atoms. The van der Waals surface area contributed by atoms with E-state index in [1.165, 1.54) is 19.3 Å². The van der Waals surface area contributed by atoms with Gasteiger partial charge in [-0.25, -0.2) is 0 Å². The minimum Gasteiger partial charge on any atom is -0.345 e. The van der Waals surface area contributed by atoms with Crippen LogP contribution in [0.4, 0.5) is 0 Å². The molecule has 1 N–H and O–H groups in total. The molecule has 1 aromatic heterocycles. The fraction of sp³-hybridized carbons (Fsp3) is 0.421. The number of nitrogens with one attached hydrogen (secondary N) is 1. The highest BCUT2D eigenvalue weighted by Crippen LogP contribution is 2.26. The molecule has 0 radical (unpaired) electrons. The largest absolute Gasteiger partial charge is 0.345 e. The average Bonchev–Trinajstić information content (AvgIpc) is 2.93. The Morgan fingerprint density at radius 3 is 2.96 bits per heavy atom. The Balaban J connectivity index is 1.87. The first-order valence-corrected chi connectivity index (χ1v) is 9.25. The van der Waals surface area contributed by atoms with Gasteiger partial charge in [0.2, 0.25) is 0 Å². The highest BCUT2D eigenvalue weighted by molar-refractivity contribution is 9.10. The van der Waals surface area contributed by atoms with Gasteiger partial charge in [-0.15, -0.1) is 0 Å². The number of rotatable bonds is 4. The fourth-order valence-electron chi connectivity index (χ4n) is 3.21. The molecule has 1 amide bonds. The number of hydrogen-bond donors (Lipinski definition) is 1. The van der Waals surface area contributed by atoms with Gasteiger partial charge in [-0.05, 0) is 37.6 Å². The Morgan fingerprint density at radius 2 is 2.25 bits per heavy atom. The second kappa shape index (κ2) is 7.53. The number of fused-ring (bicyclic) bond motifs is 1. The van der Waals surface area contributed by atoms with Gasteiger partial charge in [0, 0.05) is 48.3 Å². The molecule has 128 valence electrons. The first-order chi connectivity index (χ1) is 11.6. The van der Waals surface area contributed by atoms with Gasteiger partial charge in [-0.2, -0.15) is 0 Å². The van der Waals surface area contributed by atoms with Crippen molar-refractivity contribution in [3.63, 3.8) is 0 Å². The molecule has 3 rings (SSSR count). The minimum atomic E-state index is 0.0368. The molecule has 24 heavy (non-hydrogen) atoms. The zero-order valence-corrected chi connectivity index (χ0v) is 15.8. The lowest BCUT2D eigenvalue weighted by molar-refractivity contribution is 0.0829. The molecular weight excluding hydrogens is 366 g/mol. The van der Waals surface area contributed by atoms with Crippen LogP contribution in [0.15, 0.2) is 41.0 Å². The van der Waals surface area contributed by atoms with Crippen molar-refractivity contribution in [1.29, 1.82) is 0 Å². The van der Waals surface area contributed by atoms with Gasteiger partial charge >= 0.3 is 0 Å². The molecule has 2 aromatic rings. The van der Waals surface area contributed by atoms with Crippen molar-refractivity contribution in [2.75, 3.05) is 20.6 Å². The number of hydrogen-bond acceptors (Lipinski definition) is 2. The zero-order valence-electron chi connectivity index (χ0n) is 14.3. The van der Waals surface area contributed by atoms with E-state index in [4.69, 9.17) is 0 Å². The van der Waals surface area contributed by atoms with Gasteiger partial charge in [0.15, 0.2) is 0 Å². The highest BCUT2D eigenvalue weighted by atomic mass is 79.9. The Labute approximate surface area is 151 Å². The van der Waals surface area contributed by atoms with E-state index in [1.54, 1.807) is 19.0 Å². The topological polar surface area (TPSA) is 37.3 Å². The summed E-state index contributed by atoms with van der Waals surface area (Å²) in [7, 11) is 3.58. The fourth-order valence-corrected chi connectivity index (χ4v) is 3.57. The average molecular weight is 390 g/mol. The second-order valence-electron chi connectivity index (χ2n) is 6.54. The van der Waals surface area contributed by atoms with Gasteiger partial charge in [0.05, 0.1) is 5.56 Å². The number of aromatic nitrogens is 1. The maximum Gasteiger partial charge on any atom is 0.255 e. The van der Waals surface area contributed by atoms with E-state index in [1.807, 2.05) is 18.3 Å². The molecule has 1 saturated heterocycles. The van der Waals surface area contributed by atoms with Crippen LogP contribution in [0.5, 0.6) is 0 Å². The summed E-state index contributed by atoms with van der Waals surface area (Å²) < 4.78 is 3.14. The first kappa shape index (κ1) is 17.2. The Hall–Kier alpha value is -1.59. The summed E-state index contributed by atoms with van der Waals surface area (Å²) in [5.74, 6) is 0.0368. The maximum atomic E-state index is 12.5. The van der Waals surface area contributed by atoms with Gasteiger partial charge in [0.25, 0.3) is 5.91 Å². The van der Waals surface area contributed by atoms with Gasteiger partial charge in [0.1, 0.15) is 0 Å². The van der Waals surface area contributed by atoms with Crippen LogP contribution in [0.3, 0.4) is 0 Å². The molecule has 1 fully saturated rings. The monoisotopic (exact) mass is 389 g/mol. The lowest BCUT2D eigenvalue weighted by Crippen LogP contribution is -2.32. The number of piperidine rings is 1. The van der Waals surface area contributed by atoms with Crippen LogP contribution >= 0.6 is 15.9 Å². The van der Waals surface area contributed by atoms with Crippen LogP contribution in [-0.4, -0.2) is 42.1 Å². The molecule has 0 saturated carbocycles. The van der Waals surface area contributed by atoms with Crippen molar-refractivity contribution in [3.05, 3.63) is 46.6 Å². The summed E-state index contributed by atoms with van der Waals surface area (Å²) in [5.41, 5.74) is 1.84. The normalized spacial score (nSPS) is 18.4. The van der Waals surface area contributed by atoms with E-state index in [9.17, 15) is 4.79 Å². The van der Waals surface area contributed by atoms with Crippen LogP contribution in [0.1, 0.15) is 29.6 Å². The van der Waals surface area contributed by atoms with Gasteiger partial charge in [-0.3, -0.25) is 4.79 Å². The SMILES string of the molecule is CN(C)C(=O)c1cn(C/C=C/C2CCCCN2)c2ccc(Br)cc12. The van der Waals surface area contributed by atoms with E-state index in [-0.39, 0.29) is 5.91 Å². The Kier molecular flexibility index (Phi) is 5.41. The summed E-state index contributed by atoms with van der Waals surface area (Å²) in [6.07, 6.45) is 10.2. The van der Waals surface area contributed by atoms with Crippen molar-refractivity contribution in [2.24, 2.45) is 0 Å².